The van der Waals surface area contributed by atoms with Gasteiger partial charge in [0.25, 0.3) is 0 Å². The molecule has 0 bridgehead atoms. The Balaban J connectivity index is 1.20. The highest BCUT2D eigenvalue weighted by Gasteiger charge is 2.18. The molecule has 7 aromatic carbocycles. The molecule has 234 valence electrons. The summed E-state index contributed by atoms with van der Waals surface area (Å²) < 4.78 is 3.73. The first kappa shape index (κ1) is 29.3. The number of nitrogens with zero attached hydrogens (tertiary/aromatic N) is 2. The standard InChI is InChI=1S/C46H34N2S/c1-31-32(2)49-46-40(31)17-11-18-41(46)35-22-26-38(27-23-35)47(37-24-20-34(21-25-37)33-12-5-3-6-13-33)39-28-29-45-43(30-39)42-16-9-10-19-44(42)48(45)36-14-7-4-8-15-36/h3-30H,1-2H3. The first-order valence-corrected chi connectivity index (χ1v) is 17.6. The lowest BCUT2D eigenvalue weighted by Gasteiger charge is -2.26. The summed E-state index contributed by atoms with van der Waals surface area (Å²) in [5, 5.41) is 3.83. The molecule has 0 fully saturated rings. The van der Waals surface area contributed by atoms with Gasteiger partial charge in [0, 0.05) is 43.1 Å². The van der Waals surface area contributed by atoms with E-state index in [0.29, 0.717) is 0 Å². The van der Waals surface area contributed by atoms with Crippen molar-refractivity contribution in [1.29, 1.82) is 0 Å². The summed E-state index contributed by atoms with van der Waals surface area (Å²) in [5.41, 5.74) is 13.2. The third-order valence-electron chi connectivity index (χ3n) is 9.80. The van der Waals surface area contributed by atoms with Crippen molar-refractivity contribution in [2.45, 2.75) is 13.8 Å². The Kier molecular flexibility index (Phi) is 7.14. The largest absolute Gasteiger partial charge is 0.310 e. The van der Waals surface area contributed by atoms with Crippen LogP contribution in [0.3, 0.4) is 0 Å². The van der Waals surface area contributed by atoms with Gasteiger partial charge in [0.15, 0.2) is 0 Å². The topological polar surface area (TPSA) is 8.17 Å². The van der Waals surface area contributed by atoms with Crippen LogP contribution in [0.5, 0.6) is 0 Å². The predicted octanol–water partition coefficient (Wildman–Crippen LogP) is 13.4. The molecule has 0 aliphatic rings. The fourth-order valence-electron chi connectivity index (χ4n) is 7.21. The van der Waals surface area contributed by atoms with Crippen molar-refractivity contribution >= 4 is 60.3 Å². The first-order valence-electron chi connectivity index (χ1n) is 16.8. The van der Waals surface area contributed by atoms with Crippen LogP contribution in [0.4, 0.5) is 17.1 Å². The quantitative estimate of drug-likeness (QED) is 0.174. The number of aryl methyl sites for hydroxylation is 2. The Morgan fingerprint density at radius 3 is 1.76 bits per heavy atom. The fourth-order valence-corrected chi connectivity index (χ4v) is 8.41. The zero-order valence-corrected chi connectivity index (χ0v) is 28.3. The Bertz CT molecular complexity index is 2590. The van der Waals surface area contributed by atoms with Crippen LogP contribution in [0.15, 0.2) is 170 Å². The van der Waals surface area contributed by atoms with Crippen LogP contribution in [0, 0.1) is 13.8 Å². The van der Waals surface area contributed by atoms with E-state index in [-0.39, 0.29) is 0 Å². The van der Waals surface area contributed by atoms with Gasteiger partial charge in [-0.25, -0.2) is 0 Å². The Morgan fingerprint density at radius 2 is 1.02 bits per heavy atom. The molecule has 0 unspecified atom stereocenters. The van der Waals surface area contributed by atoms with Gasteiger partial charge in [0.05, 0.1) is 11.0 Å². The van der Waals surface area contributed by atoms with Crippen molar-refractivity contribution in [1.82, 2.24) is 4.57 Å². The van der Waals surface area contributed by atoms with Gasteiger partial charge in [-0.1, -0.05) is 109 Å². The second kappa shape index (κ2) is 12.0. The van der Waals surface area contributed by atoms with Crippen LogP contribution < -0.4 is 4.90 Å². The molecule has 0 amide bonds. The molecule has 0 aliphatic carbocycles. The first-order chi connectivity index (χ1) is 24.1. The summed E-state index contributed by atoms with van der Waals surface area (Å²) in [7, 11) is 0. The summed E-state index contributed by atoms with van der Waals surface area (Å²) in [6.45, 7) is 4.46. The minimum atomic E-state index is 1.12. The van der Waals surface area contributed by atoms with E-state index in [1.165, 1.54) is 64.6 Å². The van der Waals surface area contributed by atoms with Crippen molar-refractivity contribution in [3.8, 4) is 27.9 Å². The Morgan fingerprint density at radius 1 is 0.449 bits per heavy atom. The van der Waals surface area contributed by atoms with Crippen LogP contribution in [0.2, 0.25) is 0 Å². The van der Waals surface area contributed by atoms with Crippen molar-refractivity contribution < 1.29 is 0 Å². The third-order valence-corrected chi connectivity index (χ3v) is 11.1. The van der Waals surface area contributed by atoms with Gasteiger partial charge in [-0.05, 0) is 108 Å². The maximum Gasteiger partial charge on any atom is 0.0542 e. The number of thiophene rings is 1. The molecule has 0 saturated heterocycles. The molecule has 0 saturated carbocycles. The molecule has 0 spiro atoms. The van der Waals surface area contributed by atoms with Crippen molar-refractivity contribution in [3.05, 3.63) is 180 Å². The molecular formula is C46H34N2S. The molecule has 0 radical (unpaired) electrons. The monoisotopic (exact) mass is 646 g/mol. The molecule has 0 aliphatic heterocycles. The SMILES string of the molecule is Cc1sc2c(-c3ccc(N(c4ccc(-c5ccccc5)cc4)c4ccc5c(c4)c4ccccc4n5-c4ccccc4)cc3)cccc2c1C. The zero-order chi connectivity index (χ0) is 32.9. The highest BCUT2D eigenvalue weighted by atomic mass is 32.1. The molecule has 9 aromatic rings. The van der Waals surface area contributed by atoms with Crippen molar-refractivity contribution in [2.24, 2.45) is 0 Å². The second-order valence-electron chi connectivity index (χ2n) is 12.7. The van der Waals surface area contributed by atoms with Crippen LogP contribution in [0.1, 0.15) is 10.4 Å². The van der Waals surface area contributed by atoms with Crippen molar-refractivity contribution in [3.63, 3.8) is 0 Å². The van der Waals surface area contributed by atoms with Gasteiger partial charge in [-0.3, -0.25) is 0 Å². The summed E-state index contributed by atoms with van der Waals surface area (Å²) in [6.07, 6.45) is 0. The molecule has 0 atom stereocenters. The molecule has 3 heteroatoms. The normalized spacial score (nSPS) is 11.5. The zero-order valence-electron chi connectivity index (χ0n) is 27.5. The average Bonchev–Trinajstić information content (AvgIpc) is 3.65. The van der Waals surface area contributed by atoms with Crippen LogP contribution >= 0.6 is 11.3 Å². The van der Waals surface area contributed by atoms with Crippen molar-refractivity contribution in [2.75, 3.05) is 4.90 Å². The highest BCUT2D eigenvalue weighted by molar-refractivity contribution is 7.19. The second-order valence-corrected chi connectivity index (χ2v) is 13.9. The lowest BCUT2D eigenvalue weighted by atomic mass is 10.0. The number of hydrogen-bond donors (Lipinski definition) is 0. The van der Waals surface area contributed by atoms with Gasteiger partial charge in [-0.15, -0.1) is 11.3 Å². The van der Waals surface area contributed by atoms with Crippen LogP contribution in [-0.2, 0) is 0 Å². The lowest BCUT2D eigenvalue weighted by molar-refractivity contribution is 1.18. The van der Waals surface area contributed by atoms with E-state index in [9.17, 15) is 0 Å². The molecule has 9 rings (SSSR count). The Labute approximate surface area is 290 Å². The molecule has 2 aromatic heterocycles. The van der Waals surface area contributed by atoms with Gasteiger partial charge in [0.2, 0.25) is 0 Å². The van der Waals surface area contributed by atoms with Gasteiger partial charge in [-0.2, -0.15) is 0 Å². The number of rotatable bonds is 6. The molecule has 49 heavy (non-hydrogen) atoms. The van der Waals surface area contributed by atoms with E-state index >= 15 is 0 Å². The van der Waals surface area contributed by atoms with Gasteiger partial charge < -0.3 is 9.47 Å². The molecule has 2 heterocycles. The maximum absolute atomic E-state index is 2.38. The fraction of sp³-hybridized carbons (Fsp3) is 0.0435. The molecule has 0 N–H and O–H groups in total. The van der Waals surface area contributed by atoms with E-state index in [1.54, 1.807) is 0 Å². The van der Waals surface area contributed by atoms with E-state index in [2.05, 4.69) is 193 Å². The predicted molar refractivity (Wildman–Crippen MR) is 211 cm³/mol. The summed E-state index contributed by atoms with van der Waals surface area (Å²) in [5.74, 6) is 0. The van der Waals surface area contributed by atoms with Gasteiger partial charge >= 0.3 is 0 Å². The summed E-state index contributed by atoms with van der Waals surface area (Å²) in [4.78, 5) is 3.76. The average molecular weight is 647 g/mol. The summed E-state index contributed by atoms with van der Waals surface area (Å²) >= 11 is 1.89. The highest BCUT2D eigenvalue weighted by Crippen LogP contribution is 2.42. The maximum atomic E-state index is 2.38. The molecular weight excluding hydrogens is 613 g/mol. The van der Waals surface area contributed by atoms with E-state index in [4.69, 9.17) is 0 Å². The lowest BCUT2D eigenvalue weighted by Crippen LogP contribution is -2.10. The summed E-state index contributed by atoms with van der Waals surface area (Å²) in [6, 6.07) is 61.6. The third kappa shape index (κ3) is 5.02. The number of fused-ring (bicyclic) bond motifs is 4. The number of para-hydroxylation sites is 2. The minimum absolute atomic E-state index is 1.12. The number of anilines is 3. The number of benzene rings is 7. The smallest absolute Gasteiger partial charge is 0.0542 e. The van der Waals surface area contributed by atoms with Crippen LogP contribution in [0.25, 0.3) is 59.8 Å². The van der Waals surface area contributed by atoms with E-state index < -0.39 is 0 Å². The minimum Gasteiger partial charge on any atom is -0.310 e. The number of hydrogen-bond acceptors (Lipinski definition) is 2. The molecule has 2 nitrogen and oxygen atoms in total. The van der Waals surface area contributed by atoms with E-state index in [0.717, 1.165) is 22.7 Å². The Hall–Kier alpha value is -5.90. The number of aromatic nitrogens is 1. The van der Waals surface area contributed by atoms with Crippen LogP contribution in [-0.4, -0.2) is 4.57 Å². The van der Waals surface area contributed by atoms with Gasteiger partial charge in [0.1, 0.15) is 0 Å². The van der Waals surface area contributed by atoms with E-state index in [1.807, 2.05) is 11.3 Å².